The number of benzene rings is 4. The number of hydrogen-bond acceptors (Lipinski definition) is 4. The van der Waals surface area contributed by atoms with Crippen LogP contribution in [-0.4, -0.2) is 12.1 Å². The molecule has 4 aromatic rings. The number of hydrogen-bond donors (Lipinski definition) is 0. The van der Waals surface area contributed by atoms with E-state index in [-0.39, 0.29) is 0 Å². The van der Waals surface area contributed by atoms with Gasteiger partial charge in [-0.2, -0.15) is 0 Å². The number of Topliss-reactive ketones (excluding diaryl/α,β-unsaturated/α-hetero) is 1. The average Bonchev–Trinajstić information content (AvgIpc) is 3.25. The summed E-state index contributed by atoms with van der Waals surface area (Å²) in [6.07, 6.45) is 0.431. The minimum atomic E-state index is -0.575. The van der Waals surface area contributed by atoms with Crippen molar-refractivity contribution in [2.75, 3.05) is 9.80 Å². The molecular formula is C28H22N2O2. The average molecular weight is 418 g/mol. The molecule has 0 spiro atoms. The lowest BCUT2D eigenvalue weighted by Gasteiger charge is -2.28. The smallest absolute Gasteiger partial charge is 0.222 e. The highest BCUT2D eigenvalue weighted by Crippen LogP contribution is 2.40. The SMILES string of the molecule is O=CC(=O)C1c2ccccc2CN1c1ccc(N(c2ccccc2)c2ccccc2)cc1. The third kappa shape index (κ3) is 3.56. The highest BCUT2D eigenvalue weighted by Gasteiger charge is 2.35. The van der Waals surface area contributed by atoms with Crippen LogP contribution in [0.25, 0.3) is 0 Å². The molecule has 156 valence electrons. The van der Waals surface area contributed by atoms with E-state index in [0.717, 1.165) is 33.9 Å². The zero-order chi connectivity index (χ0) is 21.9. The molecule has 0 saturated heterocycles. The molecule has 32 heavy (non-hydrogen) atoms. The Labute approximate surface area is 187 Å². The van der Waals surface area contributed by atoms with Crippen molar-refractivity contribution in [2.24, 2.45) is 0 Å². The molecule has 1 atom stereocenters. The Kier molecular flexibility index (Phi) is 5.26. The van der Waals surface area contributed by atoms with Crippen LogP contribution in [0.1, 0.15) is 17.2 Å². The first-order chi connectivity index (χ1) is 15.8. The highest BCUT2D eigenvalue weighted by atomic mass is 16.2. The van der Waals surface area contributed by atoms with E-state index in [1.165, 1.54) is 0 Å². The lowest BCUT2D eigenvalue weighted by Crippen LogP contribution is -2.28. The van der Waals surface area contributed by atoms with Gasteiger partial charge >= 0.3 is 0 Å². The molecule has 0 aromatic heterocycles. The number of rotatable bonds is 6. The predicted molar refractivity (Wildman–Crippen MR) is 128 cm³/mol. The fraction of sp³-hybridized carbons (Fsp3) is 0.0714. The summed E-state index contributed by atoms with van der Waals surface area (Å²) in [7, 11) is 0. The summed E-state index contributed by atoms with van der Waals surface area (Å²) in [5.41, 5.74) is 6.03. The standard InChI is InChI=1S/C28H22N2O2/c31-20-27(32)28-26-14-8-7-9-21(26)19-29(28)22-15-17-25(18-16-22)30(23-10-3-1-4-11-23)24-12-5-2-6-13-24/h1-18,20,28H,19H2. The van der Waals surface area contributed by atoms with Gasteiger partial charge in [0, 0.05) is 29.3 Å². The number of carbonyl (C=O) groups excluding carboxylic acids is 2. The molecule has 0 amide bonds. The fourth-order valence-electron chi connectivity index (χ4n) is 4.39. The van der Waals surface area contributed by atoms with Crippen LogP contribution in [-0.2, 0) is 16.1 Å². The van der Waals surface area contributed by atoms with Crippen LogP contribution < -0.4 is 9.80 Å². The topological polar surface area (TPSA) is 40.6 Å². The first kappa shape index (κ1) is 19.8. The Hall–Kier alpha value is -4.18. The predicted octanol–water partition coefficient (Wildman–Crippen LogP) is 5.99. The Morgan fingerprint density at radius 3 is 1.84 bits per heavy atom. The fourth-order valence-corrected chi connectivity index (χ4v) is 4.39. The lowest BCUT2D eigenvalue weighted by molar-refractivity contribution is -0.130. The molecule has 5 rings (SSSR count). The molecule has 0 fully saturated rings. The van der Waals surface area contributed by atoms with Crippen molar-refractivity contribution < 1.29 is 9.59 Å². The molecule has 4 heteroatoms. The van der Waals surface area contributed by atoms with Crippen LogP contribution in [0.15, 0.2) is 109 Å². The lowest BCUT2D eigenvalue weighted by atomic mass is 10.0. The summed E-state index contributed by atoms with van der Waals surface area (Å²) in [5.74, 6) is -0.422. The molecule has 1 heterocycles. The third-order valence-electron chi connectivity index (χ3n) is 5.86. The quantitative estimate of drug-likeness (QED) is 0.285. The van der Waals surface area contributed by atoms with Gasteiger partial charge in [0.05, 0.1) is 0 Å². The van der Waals surface area contributed by atoms with Gasteiger partial charge in [0.2, 0.25) is 5.78 Å². The molecule has 0 N–H and O–H groups in total. The highest BCUT2D eigenvalue weighted by molar-refractivity contribution is 6.28. The zero-order valence-corrected chi connectivity index (χ0v) is 17.5. The van der Waals surface area contributed by atoms with E-state index >= 15 is 0 Å². The van der Waals surface area contributed by atoms with Crippen molar-refractivity contribution >= 4 is 34.8 Å². The van der Waals surface area contributed by atoms with Gasteiger partial charge in [-0.05, 0) is 59.7 Å². The molecule has 4 aromatic carbocycles. The zero-order valence-electron chi connectivity index (χ0n) is 17.5. The molecular weight excluding hydrogens is 396 g/mol. The number of para-hydroxylation sites is 2. The van der Waals surface area contributed by atoms with Crippen LogP contribution >= 0.6 is 0 Å². The second-order valence-electron chi connectivity index (χ2n) is 7.77. The number of fused-ring (bicyclic) bond motifs is 1. The summed E-state index contributed by atoms with van der Waals surface area (Å²) in [6.45, 7) is 0.598. The van der Waals surface area contributed by atoms with Crippen molar-refractivity contribution in [1.29, 1.82) is 0 Å². The molecule has 1 unspecified atom stereocenters. The Bertz CT molecular complexity index is 1200. The Morgan fingerprint density at radius 2 is 1.25 bits per heavy atom. The maximum absolute atomic E-state index is 12.5. The van der Waals surface area contributed by atoms with Gasteiger partial charge in [0.15, 0.2) is 6.29 Å². The number of aldehydes is 1. The van der Waals surface area contributed by atoms with Crippen LogP contribution in [0.4, 0.5) is 22.7 Å². The maximum Gasteiger partial charge on any atom is 0.222 e. The molecule has 0 bridgehead atoms. The van der Waals surface area contributed by atoms with Crippen molar-refractivity contribution in [1.82, 2.24) is 0 Å². The van der Waals surface area contributed by atoms with Gasteiger partial charge in [0.25, 0.3) is 0 Å². The summed E-state index contributed by atoms with van der Waals surface area (Å²) >= 11 is 0. The second kappa shape index (κ2) is 8.52. The van der Waals surface area contributed by atoms with E-state index < -0.39 is 11.8 Å². The van der Waals surface area contributed by atoms with E-state index in [1.54, 1.807) is 0 Å². The van der Waals surface area contributed by atoms with E-state index in [2.05, 4.69) is 41.3 Å². The third-order valence-corrected chi connectivity index (χ3v) is 5.86. The van der Waals surface area contributed by atoms with Crippen molar-refractivity contribution in [3.63, 3.8) is 0 Å². The van der Waals surface area contributed by atoms with Crippen molar-refractivity contribution in [3.05, 3.63) is 120 Å². The van der Waals surface area contributed by atoms with E-state index in [1.807, 2.05) is 77.7 Å². The number of anilines is 4. The largest absolute Gasteiger partial charge is 0.353 e. The first-order valence-electron chi connectivity index (χ1n) is 10.6. The van der Waals surface area contributed by atoms with Gasteiger partial charge in [-0.1, -0.05) is 60.7 Å². The van der Waals surface area contributed by atoms with Crippen molar-refractivity contribution in [2.45, 2.75) is 12.6 Å². The normalized spacial score (nSPS) is 14.6. The minimum Gasteiger partial charge on any atom is -0.353 e. The number of carbonyl (C=O) groups is 2. The molecule has 0 radical (unpaired) electrons. The molecule has 4 nitrogen and oxygen atoms in total. The van der Waals surface area contributed by atoms with Crippen LogP contribution in [0, 0.1) is 0 Å². The minimum absolute atomic E-state index is 0.422. The molecule has 1 aliphatic rings. The monoisotopic (exact) mass is 418 g/mol. The van der Waals surface area contributed by atoms with Crippen LogP contribution in [0.3, 0.4) is 0 Å². The molecule has 0 saturated carbocycles. The van der Waals surface area contributed by atoms with Gasteiger partial charge in [-0.3, -0.25) is 9.59 Å². The van der Waals surface area contributed by atoms with E-state index in [4.69, 9.17) is 0 Å². The second-order valence-corrected chi connectivity index (χ2v) is 7.77. The summed E-state index contributed by atoms with van der Waals surface area (Å²) in [6, 6.07) is 35.8. The first-order valence-corrected chi connectivity index (χ1v) is 10.6. The van der Waals surface area contributed by atoms with Gasteiger partial charge < -0.3 is 9.80 Å². The van der Waals surface area contributed by atoms with Gasteiger partial charge in [-0.15, -0.1) is 0 Å². The maximum atomic E-state index is 12.5. The number of ketones is 1. The van der Waals surface area contributed by atoms with Gasteiger partial charge in [-0.25, -0.2) is 0 Å². The van der Waals surface area contributed by atoms with Gasteiger partial charge in [0.1, 0.15) is 6.04 Å². The molecule has 1 aliphatic heterocycles. The Morgan fingerprint density at radius 1 is 0.719 bits per heavy atom. The Balaban J connectivity index is 1.52. The summed E-state index contributed by atoms with van der Waals surface area (Å²) < 4.78 is 0. The summed E-state index contributed by atoms with van der Waals surface area (Å²) in [4.78, 5) is 28.0. The van der Waals surface area contributed by atoms with Crippen LogP contribution in [0.5, 0.6) is 0 Å². The van der Waals surface area contributed by atoms with E-state index in [0.29, 0.717) is 12.8 Å². The number of nitrogens with zero attached hydrogens (tertiary/aromatic N) is 2. The molecule has 0 aliphatic carbocycles. The van der Waals surface area contributed by atoms with Crippen molar-refractivity contribution in [3.8, 4) is 0 Å². The summed E-state index contributed by atoms with van der Waals surface area (Å²) in [5, 5.41) is 0. The van der Waals surface area contributed by atoms with E-state index in [9.17, 15) is 9.59 Å². The van der Waals surface area contributed by atoms with Crippen LogP contribution in [0.2, 0.25) is 0 Å².